The van der Waals surface area contributed by atoms with E-state index < -0.39 is 0 Å². The van der Waals surface area contributed by atoms with Gasteiger partial charge in [-0.25, -0.2) is 0 Å². The first-order valence-electron chi connectivity index (χ1n) is 4.11. The van der Waals surface area contributed by atoms with E-state index in [9.17, 15) is 0 Å². The van der Waals surface area contributed by atoms with Crippen LogP contribution in [0, 0.1) is 0 Å². The molecule has 0 aromatic rings. The van der Waals surface area contributed by atoms with Gasteiger partial charge in [-0.2, -0.15) is 0 Å². The van der Waals surface area contributed by atoms with Gasteiger partial charge in [-0.15, -0.1) is 0 Å². The summed E-state index contributed by atoms with van der Waals surface area (Å²) < 4.78 is 0. The SMILES string of the molecule is C=C1C2=C(C=CN1C)CCC2. The van der Waals surface area contributed by atoms with Crippen molar-refractivity contribution >= 4 is 0 Å². The van der Waals surface area contributed by atoms with Gasteiger partial charge in [0.1, 0.15) is 0 Å². The third kappa shape index (κ3) is 0.917. The minimum absolute atomic E-state index is 1.19. The molecule has 2 aliphatic rings. The van der Waals surface area contributed by atoms with Crippen molar-refractivity contribution < 1.29 is 0 Å². The van der Waals surface area contributed by atoms with Crippen LogP contribution in [0.1, 0.15) is 19.3 Å². The molecule has 2 rings (SSSR count). The van der Waals surface area contributed by atoms with Crippen LogP contribution in [0.2, 0.25) is 0 Å². The molecule has 0 amide bonds. The normalized spacial score (nSPS) is 23.0. The number of nitrogens with zero attached hydrogens (tertiary/aromatic N) is 1. The summed E-state index contributed by atoms with van der Waals surface area (Å²) in [5.74, 6) is 0. The van der Waals surface area contributed by atoms with E-state index in [2.05, 4.69) is 30.8 Å². The standard InChI is InChI=1S/C10H13N/c1-8-10-5-3-4-9(10)6-7-11(8)2/h6-7H,1,3-5H2,2H3. The third-order valence-corrected chi connectivity index (χ3v) is 2.53. The molecular formula is C10H13N. The molecule has 0 bridgehead atoms. The molecular weight excluding hydrogens is 134 g/mol. The highest BCUT2D eigenvalue weighted by Gasteiger charge is 2.19. The molecule has 0 saturated heterocycles. The fourth-order valence-electron chi connectivity index (χ4n) is 1.79. The van der Waals surface area contributed by atoms with Crippen LogP contribution in [0.25, 0.3) is 0 Å². The Balaban J connectivity index is 2.38. The Morgan fingerprint density at radius 2 is 2.27 bits per heavy atom. The first kappa shape index (κ1) is 6.71. The van der Waals surface area contributed by atoms with Crippen molar-refractivity contribution in [3.8, 4) is 0 Å². The van der Waals surface area contributed by atoms with Crippen molar-refractivity contribution in [1.29, 1.82) is 0 Å². The summed E-state index contributed by atoms with van der Waals surface area (Å²) in [6.07, 6.45) is 8.10. The Morgan fingerprint density at radius 1 is 1.45 bits per heavy atom. The van der Waals surface area contributed by atoms with Gasteiger partial charge in [0.15, 0.2) is 0 Å². The second-order valence-corrected chi connectivity index (χ2v) is 3.23. The topological polar surface area (TPSA) is 3.24 Å². The molecule has 0 fully saturated rings. The maximum atomic E-state index is 4.05. The minimum atomic E-state index is 1.19. The van der Waals surface area contributed by atoms with E-state index >= 15 is 0 Å². The second kappa shape index (κ2) is 2.26. The molecule has 0 aromatic heterocycles. The average Bonchev–Trinajstić information content (AvgIpc) is 2.45. The van der Waals surface area contributed by atoms with Crippen molar-refractivity contribution in [2.24, 2.45) is 0 Å². The summed E-state index contributed by atoms with van der Waals surface area (Å²) in [7, 11) is 2.06. The molecule has 1 aliphatic heterocycles. The van der Waals surface area contributed by atoms with Crippen LogP contribution in [0.4, 0.5) is 0 Å². The van der Waals surface area contributed by atoms with Gasteiger partial charge in [-0.05, 0) is 36.5 Å². The summed E-state index contributed by atoms with van der Waals surface area (Å²) in [5, 5.41) is 0. The third-order valence-electron chi connectivity index (χ3n) is 2.53. The van der Waals surface area contributed by atoms with Crippen LogP contribution in [0.15, 0.2) is 35.7 Å². The van der Waals surface area contributed by atoms with Crippen LogP contribution in [0.5, 0.6) is 0 Å². The van der Waals surface area contributed by atoms with E-state index in [4.69, 9.17) is 0 Å². The smallest absolute Gasteiger partial charge is 0.0365 e. The maximum Gasteiger partial charge on any atom is 0.0365 e. The van der Waals surface area contributed by atoms with Gasteiger partial charge >= 0.3 is 0 Å². The van der Waals surface area contributed by atoms with E-state index in [0.717, 1.165) is 0 Å². The predicted octanol–water partition coefficient (Wildman–Crippen LogP) is 2.44. The Labute approximate surface area is 67.7 Å². The van der Waals surface area contributed by atoms with Crippen LogP contribution in [-0.4, -0.2) is 11.9 Å². The molecule has 0 N–H and O–H groups in total. The minimum Gasteiger partial charge on any atom is -0.351 e. The lowest BCUT2D eigenvalue weighted by atomic mass is 10.1. The van der Waals surface area contributed by atoms with Crippen molar-refractivity contribution in [2.45, 2.75) is 19.3 Å². The summed E-state index contributed by atoms with van der Waals surface area (Å²) in [6.45, 7) is 4.05. The molecule has 1 heterocycles. The Morgan fingerprint density at radius 3 is 3.09 bits per heavy atom. The molecule has 1 aliphatic carbocycles. The highest BCUT2D eigenvalue weighted by atomic mass is 15.1. The van der Waals surface area contributed by atoms with Gasteiger partial charge in [0, 0.05) is 18.9 Å². The monoisotopic (exact) mass is 147 g/mol. The fraction of sp³-hybridized carbons (Fsp3) is 0.400. The van der Waals surface area contributed by atoms with Crippen LogP contribution in [0.3, 0.4) is 0 Å². The van der Waals surface area contributed by atoms with Crippen molar-refractivity contribution in [3.05, 3.63) is 35.7 Å². The molecule has 1 nitrogen and oxygen atoms in total. The second-order valence-electron chi connectivity index (χ2n) is 3.23. The van der Waals surface area contributed by atoms with Gasteiger partial charge in [-0.1, -0.05) is 6.58 Å². The van der Waals surface area contributed by atoms with E-state index in [0.29, 0.717) is 0 Å². The van der Waals surface area contributed by atoms with Gasteiger partial charge in [-0.3, -0.25) is 0 Å². The highest BCUT2D eigenvalue weighted by molar-refractivity contribution is 5.44. The largest absolute Gasteiger partial charge is 0.351 e. The number of allylic oxidation sites excluding steroid dienone is 3. The number of hydrogen-bond donors (Lipinski definition) is 0. The zero-order valence-corrected chi connectivity index (χ0v) is 6.93. The molecule has 0 atom stereocenters. The number of rotatable bonds is 0. The first-order valence-corrected chi connectivity index (χ1v) is 4.11. The van der Waals surface area contributed by atoms with E-state index in [1.807, 2.05) is 0 Å². The lowest BCUT2D eigenvalue weighted by Crippen LogP contribution is -2.13. The number of hydrogen-bond acceptors (Lipinski definition) is 1. The zero-order chi connectivity index (χ0) is 7.84. The lowest BCUT2D eigenvalue weighted by molar-refractivity contribution is 0.570. The van der Waals surface area contributed by atoms with Crippen molar-refractivity contribution in [1.82, 2.24) is 4.90 Å². The van der Waals surface area contributed by atoms with E-state index in [-0.39, 0.29) is 0 Å². The van der Waals surface area contributed by atoms with Gasteiger partial charge in [0.05, 0.1) is 0 Å². The molecule has 0 saturated carbocycles. The van der Waals surface area contributed by atoms with Gasteiger partial charge in [0.2, 0.25) is 0 Å². The summed E-state index contributed by atoms with van der Waals surface area (Å²) >= 11 is 0. The summed E-state index contributed by atoms with van der Waals surface area (Å²) in [5.41, 5.74) is 4.18. The average molecular weight is 147 g/mol. The summed E-state index contributed by atoms with van der Waals surface area (Å²) in [6, 6.07) is 0. The van der Waals surface area contributed by atoms with Crippen molar-refractivity contribution in [3.63, 3.8) is 0 Å². The molecule has 0 aromatic carbocycles. The quantitative estimate of drug-likeness (QED) is 0.508. The Bertz CT molecular complexity index is 258. The van der Waals surface area contributed by atoms with Crippen LogP contribution >= 0.6 is 0 Å². The predicted molar refractivity (Wildman–Crippen MR) is 46.9 cm³/mol. The molecule has 11 heavy (non-hydrogen) atoms. The van der Waals surface area contributed by atoms with Crippen LogP contribution in [-0.2, 0) is 0 Å². The van der Waals surface area contributed by atoms with Crippen LogP contribution < -0.4 is 0 Å². The number of likely N-dealkylation sites (N-methyl/N-ethyl adjacent to an activating group) is 1. The highest BCUT2D eigenvalue weighted by Crippen LogP contribution is 2.35. The molecule has 0 unspecified atom stereocenters. The van der Waals surface area contributed by atoms with Gasteiger partial charge < -0.3 is 4.90 Å². The maximum absolute atomic E-state index is 4.05. The molecule has 58 valence electrons. The summed E-state index contributed by atoms with van der Waals surface area (Å²) in [4.78, 5) is 2.10. The van der Waals surface area contributed by atoms with E-state index in [1.54, 1.807) is 0 Å². The molecule has 1 heteroatoms. The molecule has 0 spiro atoms. The Kier molecular flexibility index (Phi) is 1.38. The Hall–Kier alpha value is -0.980. The zero-order valence-electron chi connectivity index (χ0n) is 6.93. The molecule has 0 radical (unpaired) electrons. The van der Waals surface area contributed by atoms with Gasteiger partial charge in [0.25, 0.3) is 0 Å². The van der Waals surface area contributed by atoms with Crippen molar-refractivity contribution in [2.75, 3.05) is 7.05 Å². The first-order chi connectivity index (χ1) is 5.29. The lowest BCUT2D eigenvalue weighted by Gasteiger charge is -2.22. The fourth-order valence-corrected chi connectivity index (χ4v) is 1.79. The van der Waals surface area contributed by atoms with E-state index in [1.165, 1.54) is 36.1 Å².